The molecule has 0 atom stereocenters. The van der Waals surface area contributed by atoms with Crippen LogP contribution in [-0.2, 0) is 6.42 Å². The molecule has 3 nitrogen and oxygen atoms in total. The van der Waals surface area contributed by atoms with Crippen LogP contribution < -0.4 is 16.8 Å². The van der Waals surface area contributed by atoms with Gasteiger partial charge >= 0.3 is 0 Å². The molecular formula is C12H15N3S. The minimum atomic E-state index is 0.625. The number of benzene rings is 1. The average Bonchev–Trinajstić information content (AvgIpc) is 2.76. The van der Waals surface area contributed by atoms with E-state index in [1.54, 1.807) is 11.3 Å². The molecular weight excluding hydrogens is 218 g/mol. The highest BCUT2D eigenvalue weighted by atomic mass is 32.1. The average molecular weight is 233 g/mol. The molecule has 2 rings (SSSR count). The molecule has 0 saturated carbocycles. The van der Waals surface area contributed by atoms with E-state index in [-0.39, 0.29) is 0 Å². The van der Waals surface area contributed by atoms with Gasteiger partial charge in [-0.25, -0.2) is 0 Å². The van der Waals surface area contributed by atoms with Crippen molar-refractivity contribution in [1.82, 2.24) is 0 Å². The summed E-state index contributed by atoms with van der Waals surface area (Å²) in [5.74, 6) is 0. The van der Waals surface area contributed by atoms with Gasteiger partial charge in [0.15, 0.2) is 0 Å². The van der Waals surface area contributed by atoms with E-state index in [1.807, 2.05) is 18.2 Å². The quantitative estimate of drug-likeness (QED) is 0.711. The van der Waals surface area contributed by atoms with Gasteiger partial charge in [-0.3, -0.25) is 0 Å². The third kappa shape index (κ3) is 2.67. The van der Waals surface area contributed by atoms with E-state index in [9.17, 15) is 0 Å². The number of anilines is 3. The van der Waals surface area contributed by atoms with Gasteiger partial charge in [0.2, 0.25) is 0 Å². The van der Waals surface area contributed by atoms with E-state index in [0.29, 0.717) is 11.4 Å². The maximum atomic E-state index is 5.72. The van der Waals surface area contributed by atoms with Crippen molar-refractivity contribution in [3.05, 3.63) is 40.6 Å². The monoisotopic (exact) mass is 233 g/mol. The SMILES string of the molecule is Nc1ccc(NCCc2ccsc2)cc1N. The van der Waals surface area contributed by atoms with Crippen LogP contribution >= 0.6 is 11.3 Å². The summed E-state index contributed by atoms with van der Waals surface area (Å²) in [4.78, 5) is 0. The Labute approximate surface area is 99.1 Å². The molecule has 0 spiro atoms. The number of nitrogens with two attached hydrogens (primary N) is 2. The van der Waals surface area contributed by atoms with E-state index < -0.39 is 0 Å². The number of nitrogens with one attached hydrogen (secondary N) is 1. The molecule has 4 heteroatoms. The highest BCUT2D eigenvalue weighted by Crippen LogP contribution is 2.19. The number of thiophene rings is 1. The lowest BCUT2D eigenvalue weighted by Gasteiger charge is -2.07. The largest absolute Gasteiger partial charge is 0.397 e. The van der Waals surface area contributed by atoms with E-state index in [4.69, 9.17) is 11.5 Å². The topological polar surface area (TPSA) is 64.1 Å². The highest BCUT2D eigenvalue weighted by molar-refractivity contribution is 7.07. The zero-order valence-electron chi connectivity index (χ0n) is 8.94. The number of hydrogen-bond donors (Lipinski definition) is 3. The molecule has 0 radical (unpaired) electrons. The third-order valence-corrected chi connectivity index (χ3v) is 3.14. The van der Waals surface area contributed by atoms with Crippen LogP contribution in [0, 0.1) is 0 Å². The Hall–Kier alpha value is -1.68. The summed E-state index contributed by atoms with van der Waals surface area (Å²) in [6.07, 6.45) is 1.02. The summed E-state index contributed by atoms with van der Waals surface area (Å²) in [6, 6.07) is 7.77. The van der Waals surface area contributed by atoms with Crippen LogP contribution in [0.5, 0.6) is 0 Å². The minimum Gasteiger partial charge on any atom is -0.397 e. The van der Waals surface area contributed by atoms with Gasteiger partial charge in [-0.2, -0.15) is 11.3 Å². The third-order valence-electron chi connectivity index (χ3n) is 2.41. The molecule has 0 fully saturated rings. The van der Waals surface area contributed by atoms with Gasteiger partial charge in [0.05, 0.1) is 11.4 Å². The van der Waals surface area contributed by atoms with Gasteiger partial charge in [0, 0.05) is 12.2 Å². The lowest BCUT2D eigenvalue weighted by molar-refractivity contribution is 1.03. The molecule has 1 aromatic carbocycles. The van der Waals surface area contributed by atoms with Gasteiger partial charge in [-0.05, 0) is 47.0 Å². The van der Waals surface area contributed by atoms with Crippen LogP contribution in [-0.4, -0.2) is 6.54 Å². The predicted octanol–water partition coefficient (Wildman–Crippen LogP) is 2.57. The lowest BCUT2D eigenvalue weighted by Crippen LogP contribution is -2.05. The lowest BCUT2D eigenvalue weighted by atomic mass is 10.2. The summed E-state index contributed by atoms with van der Waals surface area (Å²) in [7, 11) is 0. The smallest absolute Gasteiger partial charge is 0.0568 e. The molecule has 0 unspecified atom stereocenters. The zero-order chi connectivity index (χ0) is 11.4. The minimum absolute atomic E-state index is 0.625. The zero-order valence-corrected chi connectivity index (χ0v) is 9.76. The van der Waals surface area contributed by atoms with Crippen LogP contribution in [0.1, 0.15) is 5.56 Å². The summed E-state index contributed by atoms with van der Waals surface area (Å²) in [6.45, 7) is 0.903. The maximum absolute atomic E-state index is 5.72. The first-order chi connectivity index (χ1) is 7.75. The second-order valence-electron chi connectivity index (χ2n) is 3.65. The van der Waals surface area contributed by atoms with Crippen LogP contribution in [0.25, 0.3) is 0 Å². The normalized spacial score (nSPS) is 10.2. The van der Waals surface area contributed by atoms with Crippen molar-refractivity contribution in [2.45, 2.75) is 6.42 Å². The molecule has 5 N–H and O–H groups in total. The second-order valence-corrected chi connectivity index (χ2v) is 4.43. The van der Waals surface area contributed by atoms with Crippen molar-refractivity contribution in [2.75, 3.05) is 23.3 Å². The van der Waals surface area contributed by atoms with Crippen LogP contribution in [0.2, 0.25) is 0 Å². The van der Waals surface area contributed by atoms with E-state index >= 15 is 0 Å². The van der Waals surface area contributed by atoms with Crippen LogP contribution in [0.3, 0.4) is 0 Å². The Balaban J connectivity index is 1.87. The summed E-state index contributed by atoms with van der Waals surface area (Å²) in [5, 5.41) is 7.58. The van der Waals surface area contributed by atoms with E-state index in [2.05, 4.69) is 22.1 Å². The second kappa shape index (κ2) is 4.90. The molecule has 0 saturated heterocycles. The fourth-order valence-corrected chi connectivity index (χ4v) is 2.17. The van der Waals surface area contributed by atoms with Gasteiger partial charge in [-0.1, -0.05) is 0 Å². The van der Waals surface area contributed by atoms with Crippen molar-refractivity contribution in [1.29, 1.82) is 0 Å². The molecule has 2 aromatic rings. The van der Waals surface area contributed by atoms with Gasteiger partial charge in [0.25, 0.3) is 0 Å². The molecule has 1 heterocycles. The fraction of sp³-hybridized carbons (Fsp3) is 0.167. The Bertz CT molecular complexity index is 451. The van der Waals surface area contributed by atoms with E-state index in [1.165, 1.54) is 5.56 Å². The van der Waals surface area contributed by atoms with Gasteiger partial charge in [-0.15, -0.1) is 0 Å². The Kier molecular flexibility index (Phi) is 3.31. The Morgan fingerprint density at radius 3 is 2.69 bits per heavy atom. The van der Waals surface area contributed by atoms with Crippen molar-refractivity contribution < 1.29 is 0 Å². The number of hydrogen-bond acceptors (Lipinski definition) is 4. The summed E-state index contributed by atoms with van der Waals surface area (Å²) >= 11 is 1.73. The summed E-state index contributed by atoms with van der Waals surface area (Å²) < 4.78 is 0. The van der Waals surface area contributed by atoms with Gasteiger partial charge in [0.1, 0.15) is 0 Å². The van der Waals surface area contributed by atoms with Crippen molar-refractivity contribution in [3.63, 3.8) is 0 Å². The van der Waals surface area contributed by atoms with E-state index in [0.717, 1.165) is 18.7 Å². The van der Waals surface area contributed by atoms with Crippen LogP contribution in [0.15, 0.2) is 35.0 Å². The van der Waals surface area contributed by atoms with Crippen molar-refractivity contribution >= 4 is 28.4 Å². The number of rotatable bonds is 4. The first kappa shape index (κ1) is 10.8. The molecule has 0 aliphatic rings. The molecule has 16 heavy (non-hydrogen) atoms. The van der Waals surface area contributed by atoms with Crippen molar-refractivity contribution in [3.8, 4) is 0 Å². The first-order valence-corrected chi connectivity index (χ1v) is 6.10. The molecule has 0 aliphatic heterocycles. The molecule has 0 amide bonds. The molecule has 0 bridgehead atoms. The molecule has 84 valence electrons. The molecule has 0 aliphatic carbocycles. The number of nitrogen functional groups attached to an aromatic ring is 2. The highest BCUT2D eigenvalue weighted by Gasteiger charge is 1.97. The predicted molar refractivity (Wildman–Crippen MR) is 71.8 cm³/mol. The summed E-state index contributed by atoms with van der Waals surface area (Å²) in [5.41, 5.74) is 15.0. The van der Waals surface area contributed by atoms with Gasteiger partial charge < -0.3 is 16.8 Å². The first-order valence-electron chi connectivity index (χ1n) is 5.15. The fourth-order valence-electron chi connectivity index (χ4n) is 1.47. The molecule has 1 aromatic heterocycles. The van der Waals surface area contributed by atoms with Crippen LogP contribution in [0.4, 0.5) is 17.1 Å². The van der Waals surface area contributed by atoms with Crippen molar-refractivity contribution in [2.24, 2.45) is 0 Å². The Morgan fingerprint density at radius 2 is 2.00 bits per heavy atom. The Morgan fingerprint density at radius 1 is 1.12 bits per heavy atom. The maximum Gasteiger partial charge on any atom is 0.0568 e. The standard InChI is InChI=1S/C12H15N3S/c13-11-2-1-10(7-12(11)14)15-5-3-9-4-6-16-8-9/h1-2,4,6-8,15H,3,5,13-14H2.